The van der Waals surface area contributed by atoms with E-state index in [0.29, 0.717) is 6.61 Å². The number of rotatable bonds is 7. The fourth-order valence-electron chi connectivity index (χ4n) is 0.749. The Morgan fingerprint density at radius 3 is 3.00 bits per heavy atom. The molecule has 0 aliphatic rings. The number of ether oxygens (including phenoxy) is 1. The highest BCUT2D eigenvalue weighted by Crippen LogP contribution is 1.89. The van der Waals surface area contributed by atoms with Gasteiger partial charge in [0, 0.05) is 13.7 Å². The Kier molecular flexibility index (Phi) is 7.46. The zero-order valence-corrected chi connectivity index (χ0v) is 7.05. The predicted octanol–water partition coefficient (Wildman–Crippen LogP) is 0.159. The molecule has 0 amide bonds. The van der Waals surface area contributed by atoms with Gasteiger partial charge >= 0.3 is 0 Å². The van der Waals surface area contributed by atoms with Crippen molar-refractivity contribution < 1.29 is 9.84 Å². The largest absolute Gasteiger partial charge is 0.391 e. The van der Waals surface area contributed by atoms with Gasteiger partial charge in [-0.05, 0) is 13.0 Å². The first-order chi connectivity index (χ1) is 5.31. The Bertz CT molecular complexity index is 96.1. The van der Waals surface area contributed by atoms with Crippen molar-refractivity contribution in [1.82, 2.24) is 5.32 Å². The molecule has 3 heteroatoms. The van der Waals surface area contributed by atoms with Gasteiger partial charge in [-0.2, -0.15) is 0 Å². The van der Waals surface area contributed by atoms with Crippen molar-refractivity contribution in [2.24, 2.45) is 0 Å². The second-order valence-electron chi connectivity index (χ2n) is 2.39. The topological polar surface area (TPSA) is 41.5 Å². The molecule has 11 heavy (non-hydrogen) atoms. The molecule has 0 radical (unpaired) electrons. The highest BCUT2D eigenvalue weighted by Gasteiger charge is 2.00. The molecular weight excluding hydrogens is 142 g/mol. The van der Waals surface area contributed by atoms with E-state index < -0.39 is 0 Å². The van der Waals surface area contributed by atoms with Crippen molar-refractivity contribution in [1.29, 1.82) is 0 Å². The quantitative estimate of drug-likeness (QED) is 0.411. The number of nitrogens with one attached hydrogen (secondary N) is 1. The summed E-state index contributed by atoms with van der Waals surface area (Å²) in [6.45, 7) is 5.57. The first-order valence-corrected chi connectivity index (χ1v) is 3.80. The average Bonchev–Trinajstić information content (AvgIpc) is 1.99. The lowest BCUT2D eigenvalue weighted by Gasteiger charge is -2.08. The molecule has 0 rings (SSSR count). The molecule has 66 valence electrons. The fourth-order valence-corrected chi connectivity index (χ4v) is 0.749. The van der Waals surface area contributed by atoms with Crippen LogP contribution >= 0.6 is 0 Å². The summed E-state index contributed by atoms with van der Waals surface area (Å²) in [7, 11) is 1.58. The second kappa shape index (κ2) is 7.72. The van der Waals surface area contributed by atoms with E-state index in [2.05, 4.69) is 11.9 Å². The summed E-state index contributed by atoms with van der Waals surface area (Å²) in [6.07, 6.45) is 2.17. The smallest absolute Gasteiger partial charge is 0.0785 e. The molecule has 0 aromatic rings. The van der Waals surface area contributed by atoms with Crippen LogP contribution in [0.5, 0.6) is 0 Å². The van der Waals surface area contributed by atoms with Gasteiger partial charge in [-0.1, -0.05) is 6.08 Å². The fraction of sp³-hybridized carbons (Fsp3) is 0.750. The average molecular weight is 159 g/mol. The van der Waals surface area contributed by atoms with Crippen molar-refractivity contribution in [3.63, 3.8) is 0 Å². The normalized spacial score (nSPS) is 12.9. The van der Waals surface area contributed by atoms with E-state index >= 15 is 0 Å². The molecule has 0 bridgehead atoms. The summed E-state index contributed by atoms with van der Waals surface area (Å²) in [4.78, 5) is 0. The van der Waals surface area contributed by atoms with Gasteiger partial charge in [0.1, 0.15) is 0 Å². The molecule has 0 heterocycles. The van der Waals surface area contributed by atoms with Gasteiger partial charge in [0.15, 0.2) is 0 Å². The third-order valence-electron chi connectivity index (χ3n) is 1.30. The van der Waals surface area contributed by atoms with Crippen molar-refractivity contribution in [3.8, 4) is 0 Å². The standard InChI is InChI=1S/C8H17NO2/c1-3-5-9-6-4-8(10)7-11-2/h3,8-10H,1,4-7H2,2H3. The summed E-state index contributed by atoms with van der Waals surface area (Å²) in [5, 5.41) is 12.2. The van der Waals surface area contributed by atoms with Gasteiger partial charge < -0.3 is 15.2 Å². The SMILES string of the molecule is C=CCNCCC(O)COC. The van der Waals surface area contributed by atoms with E-state index in [4.69, 9.17) is 9.84 Å². The summed E-state index contributed by atoms with van der Waals surface area (Å²) < 4.78 is 4.76. The van der Waals surface area contributed by atoms with Gasteiger partial charge in [0.25, 0.3) is 0 Å². The van der Waals surface area contributed by atoms with Crippen LogP contribution in [0.3, 0.4) is 0 Å². The van der Waals surface area contributed by atoms with Gasteiger partial charge in [-0.15, -0.1) is 6.58 Å². The highest BCUT2D eigenvalue weighted by atomic mass is 16.5. The van der Waals surface area contributed by atoms with Crippen molar-refractivity contribution in [3.05, 3.63) is 12.7 Å². The number of aliphatic hydroxyl groups is 1. The van der Waals surface area contributed by atoms with Crippen molar-refractivity contribution >= 4 is 0 Å². The Morgan fingerprint density at radius 1 is 1.73 bits per heavy atom. The Labute approximate surface area is 68.1 Å². The molecule has 0 spiro atoms. The summed E-state index contributed by atoms with van der Waals surface area (Å²) in [6, 6.07) is 0. The minimum Gasteiger partial charge on any atom is -0.391 e. The molecule has 0 aromatic carbocycles. The van der Waals surface area contributed by atoms with Crippen LogP contribution in [0.1, 0.15) is 6.42 Å². The molecule has 3 nitrogen and oxygen atoms in total. The van der Waals surface area contributed by atoms with Crippen LogP contribution in [0.15, 0.2) is 12.7 Å². The van der Waals surface area contributed by atoms with Crippen LogP contribution in [0.4, 0.5) is 0 Å². The molecule has 1 unspecified atom stereocenters. The van der Waals surface area contributed by atoms with Crippen LogP contribution in [0, 0.1) is 0 Å². The Hall–Kier alpha value is -0.380. The van der Waals surface area contributed by atoms with Gasteiger partial charge in [0.05, 0.1) is 12.7 Å². The molecule has 1 atom stereocenters. The van der Waals surface area contributed by atoms with Crippen LogP contribution < -0.4 is 5.32 Å². The number of aliphatic hydroxyl groups excluding tert-OH is 1. The maximum atomic E-state index is 9.16. The van der Waals surface area contributed by atoms with E-state index in [1.807, 2.05) is 0 Å². The maximum absolute atomic E-state index is 9.16. The summed E-state index contributed by atoms with van der Waals surface area (Å²) in [5.74, 6) is 0. The van der Waals surface area contributed by atoms with E-state index in [0.717, 1.165) is 19.5 Å². The molecule has 0 aliphatic carbocycles. The van der Waals surface area contributed by atoms with E-state index in [-0.39, 0.29) is 6.10 Å². The van der Waals surface area contributed by atoms with Crippen LogP contribution in [-0.4, -0.2) is 38.0 Å². The van der Waals surface area contributed by atoms with Crippen LogP contribution in [-0.2, 0) is 4.74 Å². The van der Waals surface area contributed by atoms with Crippen molar-refractivity contribution in [2.45, 2.75) is 12.5 Å². The zero-order valence-electron chi connectivity index (χ0n) is 7.05. The van der Waals surface area contributed by atoms with E-state index in [1.165, 1.54) is 0 Å². The minimum absolute atomic E-state index is 0.350. The van der Waals surface area contributed by atoms with E-state index in [1.54, 1.807) is 13.2 Å². The van der Waals surface area contributed by atoms with Crippen LogP contribution in [0.25, 0.3) is 0 Å². The summed E-state index contributed by atoms with van der Waals surface area (Å²) >= 11 is 0. The third kappa shape index (κ3) is 7.52. The first kappa shape index (κ1) is 10.6. The first-order valence-electron chi connectivity index (χ1n) is 3.80. The van der Waals surface area contributed by atoms with Gasteiger partial charge in [-0.3, -0.25) is 0 Å². The number of methoxy groups -OCH3 is 1. The maximum Gasteiger partial charge on any atom is 0.0785 e. The zero-order chi connectivity index (χ0) is 8.53. The van der Waals surface area contributed by atoms with Crippen LogP contribution in [0.2, 0.25) is 0 Å². The molecule has 0 aromatic heterocycles. The van der Waals surface area contributed by atoms with Gasteiger partial charge in [0.2, 0.25) is 0 Å². The second-order valence-corrected chi connectivity index (χ2v) is 2.39. The molecule has 2 N–H and O–H groups in total. The predicted molar refractivity (Wildman–Crippen MR) is 45.6 cm³/mol. The third-order valence-corrected chi connectivity index (χ3v) is 1.30. The summed E-state index contributed by atoms with van der Waals surface area (Å²) in [5.41, 5.74) is 0. The molecular formula is C8H17NO2. The Balaban J connectivity index is 3.03. The number of hydrogen-bond acceptors (Lipinski definition) is 3. The molecule has 0 saturated heterocycles. The van der Waals surface area contributed by atoms with E-state index in [9.17, 15) is 0 Å². The lowest BCUT2D eigenvalue weighted by Crippen LogP contribution is -2.23. The lowest BCUT2D eigenvalue weighted by atomic mass is 10.3. The minimum atomic E-state index is -0.350. The monoisotopic (exact) mass is 159 g/mol. The molecule has 0 saturated carbocycles. The lowest BCUT2D eigenvalue weighted by molar-refractivity contribution is 0.0596. The van der Waals surface area contributed by atoms with Gasteiger partial charge in [-0.25, -0.2) is 0 Å². The Morgan fingerprint density at radius 2 is 2.45 bits per heavy atom. The number of hydrogen-bond donors (Lipinski definition) is 2. The molecule has 0 fully saturated rings. The highest BCUT2D eigenvalue weighted by molar-refractivity contribution is 4.69. The van der Waals surface area contributed by atoms with Crippen molar-refractivity contribution in [2.75, 3.05) is 26.8 Å². The molecule has 0 aliphatic heterocycles.